The van der Waals surface area contributed by atoms with Crippen LogP contribution in [-0.4, -0.2) is 33.9 Å². The average Bonchev–Trinajstić information content (AvgIpc) is 2.73. The first-order valence-electron chi connectivity index (χ1n) is 8.70. The van der Waals surface area contributed by atoms with Crippen LogP contribution in [0.2, 0.25) is 0 Å². The average molecular weight is 428 g/mol. The number of nitriles is 1. The van der Waals surface area contributed by atoms with Gasteiger partial charge in [0.1, 0.15) is 11.6 Å². The minimum Gasteiger partial charge on any atom is -0.465 e. The maximum Gasteiger partial charge on any atom is 0.339 e. The molecule has 0 spiro atoms. The molecule has 0 aliphatic carbocycles. The third-order valence-electron chi connectivity index (χ3n) is 4.00. The number of carbonyl (C=O) groups excluding carboxylic acids is 2. The molecule has 156 valence electrons. The zero-order valence-electron chi connectivity index (χ0n) is 16.1. The lowest BCUT2D eigenvalue weighted by Gasteiger charge is -2.09. The fourth-order valence-electron chi connectivity index (χ4n) is 2.45. The largest absolute Gasteiger partial charge is 0.465 e. The molecule has 0 unspecified atom stereocenters. The van der Waals surface area contributed by atoms with E-state index in [1.807, 2.05) is 0 Å². The lowest BCUT2D eigenvalue weighted by atomic mass is 10.1. The van der Waals surface area contributed by atoms with Crippen molar-refractivity contribution in [3.8, 4) is 6.07 Å². The number of ether oxygens (including phenoxy) is 1. The Labute approximate surface area is 174 Å². The Kier molecular flexibility index (Phi) is 7.69. The summed E-state index contributed by atoms with van der Waals surface area (Å²) in [4.78, 5) is 24.1. The van der Waals surface area contributed by atoms with Gasteiger partial charge in [0.15, 0.2) is 0 Å². The van der Waals surface area contributed by atoms with E-state index < -0.39 is 21.9 Å². The molecule has 10 heteroatoms. The molecule has 9 nitrogen and oxygen atoms in total. The molecule has 0 aliphatic heterocycles. The van der Waals surface area contributed by atoms with Gasteiger partial charge in [0.05, 0.1) is 23.3 Å². The van der Waals surface area contributed by atoms with Crippen LogP contribution in [-0.2, 0) is 26.0 Å². The maximum absolute atomic E-state index is 12.3. The summed E-state index contributed by atoms with van der Waals surface area (Å²) in [5.74, 6) is -1.29. The Bertz CT molecular complexity index is 1100. The molecular weight excluding hydrogens is 408 g/mol. The molecule has 0 saturated carbocycles. The maximum atomic E-state index is 12.3. The molecule has 0 atom stereocenters. The van der Waals surface area contributed by atoms with Gasteiger partial charge in [-0.2, -0.15) is 5.26 Å². The Morgan fingerprint density at radius 1 is 1.17 bits per heavy atom. The van der Waals surface area contributed by atoms with Gasteiger partial charge in [0.25, 0.3) is 5.91 Å². The zero-order chi connectivity index (χ0) is 22.1. The van der Waals surface area contributed by atoms with Gasteiger partial charge in [-0.15, -0.1) is 0 Å². The van der Waals surface area contributed by atoms with Crippen LogP contribution in [0, 0.1) is 11.3 Å². The number of nitrogens with zero attached hydrogens (tertiary/aromatic N) is 1. The van der Waals surface area contributed by atoms with Gasteiger partial charge < -0.3 is 15.4 Å². The summed E-state index contributed by atoms with van der Waals surface area (Å²) in [5.41, 5.74) is 1.06. The lowest BCUT2D eigenvalue weighted by molar-refractivity contribution is -0.112. The molecule has 2 aromatic rings. The predicted molar refractivity (Wildman–Crippen MR) is 110 cm³/mol. The monoisotopic (exact) mass is 428 g/mol. The predicted octanol–water partition coefficient (Wildman–Crippen LogP) is 1.30. The van der Waals surface area contributed by atoms with Crippen molar-refractivity contribution in [2.24, 2.45) is 5.14 Å². The number of para-hydroxylation sites is 1. The van der Waals surface area contributed by atoms with Gasteiger partial charge in [-0.05, 0) is 36.2 Å². The van der Waals surface area contributed by atoms with Crippen molar-refractivity contribution in [3.05, 3.63) is 71.4 Å². The number of anilines is 1. The highest BCUT2D eigenvalue weighted by atomic mass is 32.2. The number of rotatable bonds is 8. The molecule has 0 aliphatic rings. The van der Waals surface area contributed by atoms with Crippen molar-refractivity contribution < 1.29 is 22.7 Å². The molecule has 2 rings (SSSR count). The Hall–Kier alpha value is -3.68. The fraction of sp³-hybridized carbons (Fsp3) is 0.150. The van der Waals surface area contributed by atoms with E-state index in [1.165, 1.54) is 37.6 Å². The highest BCUT2D eigenvalue weighted by Gasteiger charge is 2.15. The molecule has 0 heterocycles. The van der Waals surface area contributed by atoms with Crippen molar-refractivity contribution in [2.45, 2.75) is 11.3 Å². The number of hydrogen-bond donors (Lipinski definition) is 3. The van der Waals surface area contributed by atoms with E-state index >= 15 is 0 Å². The first kappa shape index (κ1) is 22.6. The number of esters is 1. The molecule has 2 aromatic carbocycles. The van der Waals surface area contributed by atoms with Crippen LogP contribution in [0.25, 0.3) is 0 Å². The topological polar surface area (TPSA) is 151 Å². The van der Waals surface area contributed by atoms with Gasteiger partial charge >= 0.3 is 5.97 Å². The van der Waals surface area contributed by atoms with Gasteiger partial charge in [0, 0.05) is 12.7 Å². The van der Waals surface area contributed by atoms with Crippen molar-refractivity contribution in [2.75, 3.05) is 19.0 Å². The van der Waals surface area contributed by atoms with Crippen LogP contribution in [0.1, 0.15) is 15.9 Å². The molecule has 0 radical (unpaired) electrons. The van der Waals surface area contributed by atoms with Gasteiger partial charge in [-0.1, -0.05) is 24.3 Å². The third kappa shape index (κ3) is 6.16. The third-order valence-corrected chi connectivity index (χ3v) is 4.93. The Morgan fingerprint density at radius 2 is 1.83 bits per heavy atom. The molecule has 0 saturated heterocycles. The Morgan fingerprint density at radius 3 is 2.43 bits per heavy atom. The van der Waals surface area contributed by atoms with Crippen LogP contribution in [0.5, 0.6) is 0 Å². The second-order valence-electron chi connectivity index (χ2n) is 6.05. The smallest absolute Gasteiger partial charge is 0.339 e. The van der Waals surface area contributed by atoms with E-state index in [0.717, 1.165) is 5.56 Å². The summed E-state index contributed by atoms with van der Waals surface area (Å²) < 4.78 is 27.2. The quantitative estimate of drug-likeness (QED) is 0.248. The van der Waals surface area contributed by atoms with E-state index in [-0.39, 0.29) is 21.7 Å². The second-order valence-corrected chi connectivity index (χ2v) is 7.62. The fourth-order valence-corrected chi connectivity index (χ4v) is 2.97. The molecule has 0 aromatic heterocycles. The van der Waals surface area contributed by atoms with E-state index in [1.54, 1.807) is 30.3 Å². The number of amides is 1. The summed E-state index contributed by atoms with van der Waals surface area (Å²) >= 11 is 0. The number of sulfonamides is 1. The van der Waals surface area contributed by atoms with Crippen LogP contribution in [0.3, 0.4) is 0 Å². The van der Waals surface area contributed by atoms with Crippen molar-refractivity contribution in [1.29, 1.82) is 5.26 Å². The standard InChI is InChI=1S/C20H20N4O5S/c1-29-20(26)17-4-2-3-5-18(17)24-19(25)15(12-21)13-23-11-10-14-6-8-16(9-7-14)30(22,27)28/h2-9,13,23H,10-11H2,1H3,(H,24,25)(H2,22,27,28)/b15-13-. The zero-order valence-corrected chi connectivity index (χ0v) is 16.9. The van der Waals surface area contributed by atoms with Gasteiger partial charge in [-0.25, -0.2) is 18.4 Å². The minimum atomic E-state index is -3.74. The van der Waals surface area contributed by atoms with E-state index in [2.05, 4.69) is 15.4 Å². The van der Waals surface area contributed by atoms with Gasteiger partial charge in [0.2, 0.25) is 10.0 Å². The first-order valence-corrected chi connectivity index (χ1v) is 10.2. The van der Waals surface area contributed by atoms with E-state index in [9.17, 15) is 23.3 Å². The first-order chi connectivity index (χ1) is 14.3. The number of primary sulfonamides is 1. The number of nitrogens with one attached hydrogen (secondary N) is 2. The molecule has 0 bridgehead atoms. The molecular formula is C20H20N4O5S. The van der Waals surface area contributed by atoms with E-state index in [0.29, 0.717) is 13.0 Å². The summed E-state index contributed by atoms with van der Waals surface area (Å²) in [6.07, 6.45) is 1.79. The summed E-state index contributed by atoms with van der Waals surface area (Å²) in [6.45, 7) is 0.395. The molecule has 0 fully saturated rings. The highest BCUT2D eigenvalue weighted by Crippen LogP contribution is 2.16. The summed E-state index contributed by atoms with van der Waals surface area (Å²) in [6, 6.07) is 14.2. The number of hydrogen-bond acceptors (Lipinski definition) is 7. The molecule has 30 heavy (non-hydrogen) atoms. The minimum absolute atomic E-state index is 0.0229. The van der Waals surface area contributed by atoms with Crippen LogP contribution in [0.4, 0.5) is 5.69 Å². The second kappa shape index (κ2) is 10.2. The van der Waals surface area contributed by atoms with Crippen molar-refractivity contribution in [3.63, 3.8) is 0 Å². The molecule has 1 amide bonds. The van der Waals surface area contributed by atoms with Crippen molar-refractivity contribution >= 4 is 27.6 Å². The summed E-state index contributed by atoms with van der Waals surface area (Å²) in [7, 11) is -2.51. The number of benzene rings is 2. The lowest BCUT2D eigenvalue weighted by Crippen LogP contribution is -2.19. The number of nitrogens with two attached hydrogens (primary N) is 1. The molecule has 4 N–H and O–H groups in total. The van der Waals surface area contributed by atoms with E-state index in [4.69, 9.17) is 5.14 Å². The Balaban J connectivity index is 1.97. The number of methoxy groups -OCH3 is 1. The van der Waals surface area contributed by atoms with Gasteiger partial charge in [-0.3, -0.25) is 4.79 Å². The number of carbonyl (C=O) groups is 2. The highest BCUT2D eigenvalue weighted by molar-refractivity contribution is 7.89. The van der Waals surface area contributed by atoms with Crippen LogP contribution in [0.15, 0.2) is 65.2 Å². The summed E-state index contributed by atoms with van der Waals surface area (Å²) in [5, 5.41) is 19.7. The SMILES string of the molecule is COC(=O)c1ccccc1NC(=O)/C(C#N)=C\NCCc1ccc(S(N)(=O)=O)cc1. The van der Waals surface area contributed by atoms with Crippen LogP contribution < -0.4 is 15.8 Å². The van der Waals surface area contributed by atoms with Crippen molar-refractivity contribution in [1.82, 2.24) is 5.32 Å². The normalized spacial score (nSPS) is 11.3. The van der Waals surface area contributed by atoms with Crippen LogP contribution >= 0.6 is 0 Å².